The van der Waals surface area contributed by atoms with Gasteiger partial charge in [0.15, 0.2) is 0 Å². The summed E-state index contributed by atoms with van der Waals surface area (Å²) in [5, 5.41) is 3.35. The summed E-state index contributed by atoms with van der Waals surface area (Å²) in [4.78, 5) is 24.8. The summed E-state index contributed by atoms with van der Waals surface area (Å²) in [6.45, 7) is 0. The zero-order valence-electron chi connectivity index (χ0n) is 13.4. The summed E-state index contributed by atoms with van der Waals surface area (Å²) in [6.07, 6.45) is 1.88. The molecule has 1 aliphatic heterocycles. The highest BCUT2D eigenvalue weighted by molar-refractivity contribution is 6.50. The predicted molar refractivity (Wildman–Crippen MR) is 101 cm³/mol. The molecule has 0 spiro atoms. The van der Waals surface area contributed by atoms with E-state index in [1.165, 1.54) is 0 Å². The average molecular weight is 354 g/mol. The standard InChI is InChI=1S/C19H15N3O2.ClH/c1-22-10-14(13-4-2-3-5-15(13)22)17-16(18(23)21-19(17)24)11-6-8-12(20)9-7-11;/h2-10H,20H2,1H3,(H,21,23,24);1H. The Bertz CT molecular complexity index is 1030. The fraction of sp³-hybridized carbons (Fsp3) is 0.0526. The van der Waals surface area contributed by atoms with E-state index in [0.29, 0.717) is 22.4 Å². The van der Waals surface area contributed by atoms with Crippen LogP contribution in [-0.2, 0) is 16.6 Å². The first-order chi connectivity index (χ1) is 11.6. The molecule has 126 valence electrons. The number of nitrogens with two attached hydrogens (primary N) is 1. The van der Waals surface area contributed by atoms with Crippen molar-refractivity contribution in [1.29, 1.82) is 0 Å². The number of carbonyl (C=O) groups excluding carboxylic acids is 2. The number of benzene rings is 2. The molecule has 0 fully saturated rings. The van der Waals surface area contributed by atoms with Gasteiger partial charge in [-0.05, 0) is 23.8 Å². The highest BCUT2D eigenvalue weighted by atomic mass is 35.5. The summed E-state index contributed by atoms with van der Waals surface area (Å²) in [6, 6.07) is 14.8. The van der Waals surface area contributed by atoms with Crippen LogP contribution in [0.2, 0.25) is 0 Å². The number of imide groups is 1. The Balaban J connectivity index is 0.00000182. The Morgan fingerprint density at radius 2 is 1.56 bits per heavy atom. The molecular weight excluding hydrogens is 338 g/mol. The largest absolute Gasteiger partial charge is 0.399 e. The minimum atomic E-state index is -0.382. The number of halogens is 1. The SMILES string of the molecule is Cl.Cn1cc(C2=C(c3ccc(N)cc3)C(=O)NC2=O)c2ccccc21. The Kier molecular flexibility index (Phi) is 4.10. The number of carbonyl (C=O) groups is 2. The van der Waals surface area contributed by atoms with Crippen LogP contribution in [0.4, 0.5) is 5.69 Å². The molecule has 0 unspecified atom stereocenters. The maximum Gasteiger partial charge on any atom is 0.259 e. The van der Waals surface area contributed by atoms with Crippen molar-refractivity contribution in [2.75, 3.05) is 5.73 Å². The third-order valence-electron chi connectivity index (χ3n) is 4.30. The van der Waals surface area contributed by atoms with Crippen LogP contribution in [0.25, 0.3) is 22.0 Å². The molecule has 25 heavy (non-hydrogen) atoms. The van der Waals surface area contributed by atoms with Crippen molar-refractivity contribution in [3.63, 3.8) is 0 Å². The molecule has 3 N–H and O–H groups in total. The Morgan fingerprint density at radius 3 is 2.28 bits per heavy atom. The van der Waals surface area contributed by atoms with Crippen LogP contribution in [0.5, 0.6) is 0 Å². The van der Waals surface area contributed by atoms with E-state index in [2.05, 4.69) is 5.32 Å². The molecule has 0 radical (unpaired) electrons. The number of rotatable bonds is 2. The van der Waals surface area contributed by atoms with Gasteiger partial charge in [-0.15, -0.1) is 12.4 Å². The first-order valence-corrected chi connectivity index (χ1v) is 7.56. The van der Waals surface area contributed by atoms with Gasteiger partial charge in [-0.1, -0.05) is 30.3 Å². The van der Waals surface area contributed by atoms with Crippen molar-refractivity contribution in [2.24, 2.45) is 7.05 Å². The maximum atomic E-state index is 12.5. The fourth-order valence-electron chi connectivity index (χ4n) is 3.18. The molecule has 6 heteroatoms. The van der Waals surface area contributed by atoms with Crippen molar-refractivity contribution in [3.05, 3.63) is 65.9 Å². The molecule has 2 aromatic carbocycles. The smallest absolute Gasteiger partial charge is 0.259 e. The zero-order chi connectivity index (χ0) is 16.8. The molecule has 1 aromatic heterocycles. The quantitative estimate of drug-likeness (QED) is 0.549. The molecule has 3 aromatic rings. The van der Waals surface area contributed by atoms with Gasteiger partial charge >= 0.3 is 0 Å². The Morgan fingerprint density at radius 1 is 0.920 bits per heavy atom. The van der Waals surface area contributed by atoms with E-state index in [9.17, 15) is 9.59 Å². The van der Waals surface area contributed by atoms with Crippen LogP contribution in [0.15, 0.2) is 54.7 Å². The summed E-state index contributed by atoms with van der Waals surface area (Å²) < 4.78 is 1.95. The summed E-state index contributed by atoms with van der Waals surface area (Å²) in [5.41, 5.74) is 9.55. The van der Waals surface area contributed by atoms with Gasteiger partial charge in [-0.2, -0.15) is 0 Å². The molecule has 0 atom stereocenters. The molecule has 0 bridgehead atoms. The van der Waals surface area contributed by atoms with Gasteiger partial charge in [0, 0.05) is 35.4 Å². The lowest BCUT2D eigenvalue weighted by Gasteiger charge is -2.04. The number of amides is 2. The third kappa shape index (κ3) is 2.58. The summed E-state index contributed by atoms with van der Waals surface area (Å²) in [7, 11) is 1.92. The maximum absolute atomic E-state index is 12.5. The van der Waals surface area contributed by atoms with Gasteiger partial charge in [0.25, 0.3) is 11.8 Å². The van der Waals surface area contributed by atoms with Crippen LogP contribution in [0.1, 0.15) is 11.1 Å². The first kappa shape index (κ1) is 16.8. The topological polar surface area (TPSA) is 77.1 Å². The fourth-order valence-corrected chi connectivity index (χ4v) is 3.18. The van der Waals surface area contributed by atoms with Crippen LogP contribution in [0, 0.1) is 0 Å². The van der Waals surface area contributed by atoms with Gasteiger partial charge < -0.3 is 10.3 Å². The van der Waals surface area contributed by atoms with Crippen molar-refractivity contribution in [3.8, 4) is 0 Å². The van der Waals surface area contributed by atoms with Gasteiger partial charge in [-0.25, -0.2) is 0 Å². The number of hydrogen-bond acceptors (Lipinski definition) is 3. The molecule has 2 amide bonds. The minimum Gasteiger partial charge on any atom is -0.399 e. The Labute approximate surface area is 150 Å². The predicted octanol–water partition coefficient (Wildman–Crippen LogP) is 2.75. The highest BCUT2D eigenvalue weighted by Crippen LogP contribution is 2.35. The lowest BCUT2D eigenvalue weighted by atomic mass is 9.96. The lowest BCUT2D eigenvalue weighted by molar-refractivity contribution is -0.122. The van der Waals surface area contributed by atoms with Crippen LogP contribution in [0.3, 0.4) is 0 Å². The normalized spacial score (nSPS) is 14.0. The highest BCUT2D eigenvalue weighted by Gasteiger charge is 2.33. The molecule has 0 aliphatic carbocycles. The number of nitrogen functional groups attached to an aromatic ring is 1. The van der Waals surface area contributed by atoms with Gasteiger partial charge in [-0.3, -0.25) is 14.9 Å². The molecule has 2 heterocycles. The van der Waals surface area contributed by atoms with Gasteiger partial charge in [0.2, 0.25) is 0 Å². The molecule has 4 rings (SSSR count). The second-order valence-electron chi connectivity index (χ2n) is 5.83. The lowest BCUT2D eigenvalue weighted by Crippen LogP contribution is -2.22. The number of aromatic nitrogens is 1. The van der Waals surface area contributed by atoms with E-state index < -0.39 is 0 Å². The Hall–Kier alpha value is -3.05. The summed E-state index contributed by atoms with van der Waals surface area (Å²) in [5.74, 6) is -0.754. The van der Waals surface area contributed by atoms with E-state index in [1.54, 1.807) is 24.3 Å². The van der Waals surface area contributed by atoms with E-state index in [4.69, 9.17) is 5.73 Å². The first-order valence-electron chi connectivity index (χ1n) is 7.56. The van der Waals surface area contributed by atoms with Crippen LogP contribution in [-0.4, -0.2) is 16.4 Å². The van der Waals surface area contributed by atoms with Crippen molar-refractivity contribution < 1.29 is 9.59 Å². The molecule has 0 saturated carbocycles. The number of nitrogens with one attached hydrogen (secondary N) is 1. The van der Waals surface area contributed by atoms with E-state index in [0.717, 1.165) is 16.5 Å². The number of aryl methyl sites for hydroxylation is 1. The number of para-hydroxylation sites is 1. The number of fused-ring (bicyclic) bond motifs is 1. The molecular formula is C19H16ClN3O2. The van der Waals surface area contributed by atoms with Crippen molar-refractivity contribution in [1.82, 2.24) is 9.88 Å². The van der Waals surface area contributed by atoms with Gasteiger partial charge in [0.1, 0.15) is 0 Å². The van der Waals surface area contributed by atoms with Crippen molar-refractivity contribution in [2.45, 2.75) is 0 Å². The number of hydrogen-bond donors (Lipinski definition) is 2. The van der Waals surface area contributed by atoms with Crippen molar-refractivity contribution >= 4 is 52.0 Å². The van der Waals surface area contributed by atoms with E-state index in [-0.39, 0.29) is 24.2 Å². The molecule has 1 aliphatic rings. The average Bonchev–Trinajstić information content (AvgIpc) is 3.05. The number of anilines is 1. The summed E-state index contributed by atoms with van der Waals surface area (Å²) >= 11 is 0. The minimum absolute atomic E-state index is 0. The second kappa shape index (κ2) is 6.11. The van der Waals surface area contributed by atoms with Crippen LogP contribution < -0.4 is 11.1 Å². The third-order valence-corrected chi connectivity index (χ3v) is 4.30. The molecule has 5 nitrogen and oxygen atoms in total. The molecule has 0 saturated heterocycles. The monoisotopic (exact) mass is 353 g/mol. The van der Waals surface area contributed by atoms with E-state index >= 15 is 0 Å². The number of nitrogens with zero attached hydrogens (tertiary/aromatic N) is 1. The van der Waals surface area contributed by atoms with E-state index in [1.807, 2.05) is 42.1 Å². The van der Waals surface area contributed by atoms with Gasteiger partial charge in [0.05, 0.1) is 11.1 Å². The van der Waals surface area contributed by atoms with Crippen LogP contribution >= 0.6 is 12.4 Å². The zero-order valence-corrected chi connectivity index (χ0v) is 14.3. The second-order valence-corrected chi connectivity index (χ2v) is 5.83.